The van der Waals surface area contributed by atoms with Crippen molar-refractivity contribution >= 4 is 23.2 Å². The average molecular weight is 282 g/mol. The molecule has 0 unspecified atom stereocenters. The van der Waals surface area contributed by atoms with Crippen molar-refractivity contribution in [3.8, 4) is 0 Å². The molecule has 0 fully saturated rings. The highest BCUT2D eigenvalue weighted by Gasteiger charge is 2.05. The molecule has 108 valence electrons. The Morgan fingerprint density at radius 2 is 1.57 bits per heavy atom. The minimum absolute atomic E-state index is 0.0327. The molecule has 2 rings (SSSR count). The summed E-state index contributed by atoms with van der Waals surface area (Å²) in [5.74, 6) is -0.0327. The summed E-state index contributed by atoms with van der Waals surface area (Å²) in [6.07, 6.45) is 0.914. The highest BCUT2D eigenvalue weighted by molar-refractivity contribution is 6.01. The zero-order valence-corrected chi connectivity index (χ0v) is 12.1. The standard InChI is InChI=1S/C17H18N2O2/c1-3-13-6-4-8-15(10-13)18-17(21)19-16-9-5-7-14(11-16)12(2)20/h4-11H,3H2,1-2H3,(H2,18,19,21). The van der Waals surface area contributed by atoms with Crippen molar-refractivity contribution in [2.75, 3.05) is 10.6 Å². The van der Waals surface area contributed by atoms with Crippen LogP contribution in [0.1, 0.15) is 29.8 Å². The first kappa shape index (κ1) is 14.8. The molecule has 0 aliphatic carbocycles. The molecule has 0 saturated heterocycles. The Hall–Kier alpha value is -2.62. The van der Waals surface area contributed by atoms with Gasteiger partial charge in [0.2, 0.25) is 0 Å². The van der Waals surface area contributed by atoms with Crippen LogP contribution in [0.5, 0.6) is 0 Å². The van der Waals surface area contributed by atoms with Crippen molar-refractivity contribution < 1.29 is 9.59 Å². The Bertz CT molecular complexity index is 665. The van der Waals surface area contributed by atoms with E-state index in [-0.39, 0.29) is 11.8 Å². The van der Waals surface area contributed by atoms with Crippen LogP contribution in [0.4, 0.5) is 16.2 Å². The number of aryl methyl sites for hydroxylation is 1. The molecule has 0 radical (unpaired) electrons. The molecule has 21 heavy (non-hydrogen) atoms. The van der Waals surface area contributed by atoms with Crippen LogP contribution in [0, 0.1) is 0 Å². The van der Waals surface area contributed by atoms with E-state index in [1.54, 1.807) is 24.3 Å². The smallest absolute Gasteiger partial charge is 0.308 e. The fourth-order valence-electron chi connectivity index (χ4n) is 1.98. The maximum Gasteiger partial charge on any atom is 0.323 e. The summed E-state index contributed by atoms with van der Waals surface area (Å²) in [5.41, 5.74) is 3.06. The van der Waals surface area contributed by atoms with E-state index >= 15 is 0 Å². The van der Waals surface area contributed by atoms with E-state index < -0.39 is 0 Å². The SMILES string of the molecule is CCc1cccc(NC(=O)Nc2cccc(C(C)=O)c2)c1. The third-order valence-electron chi connectivity index (χ3n) is 3.12. The first-order chi connectivity index (χ1) is 10.1. The maximum atomic E-state index is 12.0. The highest BCUT2D eigenvalue weighted by Crippen LogP contribution is 2.14. The Kier molecular flexibility index (Phi) is 4.72. The lowest BCUT2D eigenvalue weighted by Gasteiger charge is -2.09. The third-order valence-corrected chi connectivity index (χ3v) is 3.12. The van der Waals surface area contributed by atoms with Crippen molar-refractivity contribution in [1.29, 1.82) is 0 Å². The summed E-state index contributed by atoms with van der Waals surface area (Å²) in [6.45, 7) is 3.56. The number of Topliss-reactive ketones (excluding diaryl/α,β-unsaturated/α-hetero) is 1. The summed E-state index contributed by atoms with van der Waals surface area (Å²) in [4.78, 5) is 23.3. The first-order valence-corrected chi connectivity index (χ1v) is 6.86. The summed E-state index contributed by atoms with van der Waals surface area (Å²) >= 11 is 0. The van der Waals surface area contributed by atoms with E-state index in [4.69, 9.17) is 0 Å². The van der Waals surface area contributed by atoms with Gasteiger partial charge in [-0.1, -0.05) is 31.2 Å². The lowest BCUT2D eigenvalue weighted by molar-refractivity contribution is 0.101. The number of carbonyl (C=O) groups is 2. The molecule has 0 atom stereocenters. The van der Waals surface area contributed by atoms with Crippen molar-refractivity contribution in [1.82, 2.24) is 0 Å². The van der Waals surface area contributed by atoms with Gasteiger partial charge in [0.05, 0.1) is 0 Å². The molecule has 4 nitrogen and oxygen atoms in total. The molecule has 0 spiro atoms. The van der Waals surface area contributed by atoms with Gasteiger partial charge in [0.15, 0.2) is 5.78 Å². The lowest BCUT2D eigenvalue weighted by atomic mass is 10.1. The van der Waals surface area contributed by atoms with Gasteiger partial charge in [-0.3, -0.25) is 4.79 Å². The van der Waals surface area contributed by atoms with Crippen LogP contribution < -0.4 is 10.6 Å². The molecule has 2 N–H and O–H groups in total. The Balaban J connectivity index is 2.04. The second-order valence-corrected chi connectivity index (χ2v) is 4.77. The fraction of sp³-hybridized carbons (Fsp3) is 0.176. The van der Waals surface area contributed by atoms with Gasteiger partial charge in [0.1, 0.15) is 0 Å². The predicted octanol–water partition coefficient (Wildman–Crippen LogP) is 4.10. The molecule has 0 saturated carbocycles. The van der Waals surface area contributed by atoms with E-state index in [1.165, 1.54) is 6.92 Å². The molecule has 2 amide bonds. The van der Waals surface area contributed by atoms with Crippen LogP contribution in [-0.2, 0) is 6.42 Å². The van der Waals surface area contributed by atoms with Gasteiger partial charge in [-0.2, -0.15) is 0 Å². The molecule has 2 aromatic rings. The number of anilines is 2. The number of hydrogen-bond acceptors (Lipinski definition) is 2. The number of urea groups is 1. The molecule has 0 aromatic heterocycles. The highest BCUT2D eigenvalue weighted by atomic mass is 16.2. The van der Waals surface area contributed by atoms with Gasteiger partial charge in [-0.25, -0.2) is 4.79 Å². The van der Waals surface area contributed by atoms with E-state index in [2.05, 4.69) is 17.6 Å². The normalized spacial score (nSPS) is 10.0. The zero-order chi connectivity index (χ0) is 15.2. The molecule has 0 bridgehead atoms. The van der Waals surface area contributed by atoms with Gasteiger partial charge in [-0.15, -0.1) is 0 Å². The third kappa shape index (κ3) is 4.18. The summed E-state index contributed by atoms with van der Waals surface area (Å²) in [5, 5.41) is 5.50. The quantitative estimate of drug-likeness (QED) is 0.830. The fourth-order valence-corrected chi connectivity index (χ4v) is 1.98. The molecule has 0 aliphatic heterocycles. The summed E-state index contributed by atoms with van der Waals surface area (Å²) in [7, 11) is 0. The van der Waals surface area contributed by atoms with Crippen LogP contribution in [0.25, 0.3) is 0 Å². The van der Waals surface area contributed by atoms with Crippen LogP contribution in [-0.4, -0.2) is 11.8 Å². The monoisotopic (exact) mass is 282 g/mol. The number of carbonyl (C=O) groups excluding carboxylic acids is 2. The van der Waals surface area contributed by atoms with Crippen LogP contribution >= 0.6 is 0 Å². The number of hydrogen-bond donors (Lipinski definition) is 2. The Morgan fingerprint density at radius 3 is 2.19 bits per heavy atom. The van der Waals surface area contributed by atoms with Gasteiger partial charge in [0, 0.05) is 16.9 Å². The number of ketones is 1. The lowest BCUT2D eigenvalue weighted by Crippen LogP contribution is -2.19. The summed E-state index contributed by atoms with van der Waals surface area (Å²) < 4.78 is 0. The maximum absolute atomic E-state index is 12.0. The average Bonchev–Trinajstić information content (AvgIpc) is 2.47. The van der Waals surface area contributed by atoms with E-state index in [0.29, 0.717) is 11.3 Å². The molecular weight excluding hydrogens is 264 g/mol. The largest absolute Gasteiger partial charge is 0.323 e. The van der Waals surface area contributed by atoms with Crippen molar-refractivity contribution in [3.05, 3.63) is 59.7 Å². The van der Waals surface area contributed by atoms with Crippen LogP contribution in [0.3, 0.4) is 0 Å². The zero-order valence-electron chi connectivity index (χ0n) is 12.1. The van der Waals surface area contributed by atoms with E-state index in [1.807, 2.05) is 24.3 Å². The minimum atomic E-state index is -0.330. The predicted molar refractivity (Wildman–Crippen MR) is 84.9 cm³/mol. The van der Waals surface area contributed by atoms with Crippen molar-refractivity contribution in [3.63, 3.8) is 0 Å². The number of amides is 2. The minimum Gasteiger partial charge on any atom is -0.308 e. The van der Waals surface area contributed by atoms with Crippen LogP contribution in [0.15, 0.2) is 48.5 Å². The van der Waals surface area contributed by atoms with Crippen molar-refractivity contribution in [2.45, 2.75) is 20.3 Å². The van der Waals surface area contributed by atoms with E-state index in [9.17, 15) is 9.59 Å². The van der Waals surface area contributed by atoms with E-state index in [0.717, 1.165) is 17.7 Å². The van der Waals surface area contributed by atoms with Crippen LogP contribution in [0.2, 0.25) is 0 Å². The number of benzene rings is 2. The second-order valence-electron chi connectivity index (χ2n) is 4.77. The van der Waals surface area contributed by atoms with Gasteiger partial charge in [0.25, 0.3) is 0 Å². The molecule has 0 aliphatic rings. The first-order valence-electron chi connectivity index (χ1n) is 6.86. The molecule has 2 aromatic carbocycles. The van der Waals surface area contributed by atoms with Gasteiger partial charge < -0.3 is 10.6 Å². The summed E-state index contributed by atoms with van der Waals surface area (Å²) in [6, 6.07) is 14.2. The molecule has 0 heterocycles. The second kappa shape index (κ2) is 6.70. The molecular formula is C17H18N2O2. The van der Waals surface area contributed by atoms with Crippen molar-refractivity contribution in [2.24, 2.45) is 0 Å². The number of nitrogens with one attached hydrogen (secondary N) is 2. The topological polar surface area (TPSA) is 58.2 Å². The Labute approximate surface area is 124 Å². The van der Waals surface area contributed by atoms with Gasteiger partial charge >= 0.3 is 6.03 Å². The molecule has 4 heteroatoms. The number of rotatable bonds is 4. The Morgan fingerprint density at radius 1 is 0.952 bits per heavy atom. The van der Waals surface area contributed by atoms with Gasteiger partial charge in [-0.05, 0) is 43.2 Å².